The molecule has 0 bridgehead atoms. The van der Waals surface area contributed by atoms with Gasteiger partial charge in [-0.05, 0) is 86.0 Å². The first-order valence-electron chi connectivity index (χ1n) is 8.19. The van der Waals surface area contributed by atoms with Gasteiger partial charge in [0.25, 0.3) is 0 Å². The van der Waals surface area contributed by atoms with Gasteiger partial charge in [-0.15, -0.1) is 0 Å². The molecule has 0 aliphatic carbocycles. The van der Waals surface area contributed by atoms with Crippen LogP contribution in [0.15, 0.2) is 0 Å². The zero-order valence-corrected chi connectivity index (χ0v) is 15.8. The van der Waals surface area contributed by atoms with Crippen LogP contribution in [0.5, 0.6) is 0 Å². The van der Waals surface area contributed by atoms with Crippen LogP contribution >= 0.6 is 0 Å². The van der Waals surface area contributed by atoms with Crippen molar-refractivity contribution in [1.82, 2.24) is 4.90 Å². The summed E-state index contributed by atoms with van der Waals surface area (Å²) in [6.07, 6.45) is 5.11. The van der Waals surface area contributed by atoms with Gasteiger partial charge in [0.1, 0.15) is 0 Å². The number of nitrogens with zero attached hydrogens (tertiary/aromatic N) is 1. The van der Waals surface area contributed by atoms with E-state index in [9.17, 15) is 0 Å². The highest BCUT2D eigenvalue weighted by Gasteiger charge is 2.45. The molecule has 1 aliphatic heterocycles. The second kappa shape index (κ2) is 6.47. The summed E-state index contributed by atoms with van der Waals surface area (Å²) < 4.78 is 6.56. The minimum Gasteiger partial charge on any atom is -0.402 e. The van der Waals surface area contributed by atoms with Gasteiger partial charge < -0.3 is 10.2 Å². The molecule has 1 heterocycles. The zero-order chi connectivity index (χ0) is 15.6. The van der Waals surface area contributed by atoms with Crippen LogP contribution in [0, 0.1) is 0 Å². The predicted molar refractivity (Wildman–Crippen MR) is 90.4 cm³/mol. The Kier molecular flexibility index (Phi) is 5.87. The molecule has 0 aromatic rings. The van der Waals surface area contributed by atoms with E-state index in [1.54, 1.807) is 0 Å². The predicted octanol–water partition coefficient (Wildman–Crippen LogP) is 3.95. The normalized spacial score (nSPS) is 24.6. The van der Waals surface area contributed by atoms with Gasteiger partial charge in [0.2, 0.25) is 0 Å². The highest BCUT2D eigenvalue weighted by molar-refractivity contribution is 6.71. The molecule has 1 saturated heterocycles. The van der Waals surface area contributed by atoms with Crippen molar-refractivity contribution in [2.24, 2.45) is 5.73 Å². The van der Waals surface area contributed by atoms with Crippen LogP contribution in [-0.2, 0) is 4.43 Å². The molecule has 0 aromatic carbocycles. The Morgan fingerprint density at radius 3 is 2.10 bits per heavy atom. The third-order valence-corrected chi connectivity index (χ3v) is 7.25. The van der Waals surface area contributed by atoms with Gasteiger partial charge in [0.05, 0.1) is 6.23 Å². The highest BCUT2D eigenvalue weighted by Crippen LogP contribution is 2.40. The minimum absolute atomic E-state index is 0.194. The van der Waals surface area contributed by atoms with Crippen LogP contribution in [0.25, 0.3) is 0 Å². The van der Waals surface area contributed by atoms with Crippen LogP contribution < -0.4 is 5.73 Å². The van der Waals surface area contributed by atoms with Crippen LogP contribution in [0.1, 0.15) is 60.3 Å². The van der Waals surface area contributed by atoms with Crippen LogP contribution in [0.2, 0.25) is 19.1 Å². The maximum absolute atomic E-state index is 6.56. The molecule has 0 saturated carbocycles. The topological polar surface area (TPSA) is 38.5 Å². The summed E-state index contributed by atoms with van der Waals surface area (Å²) in [6, 6.07) is 1.16. The molecule has 1 unspecified atom stereocenters. The first-order chi connectivity index (χ1) is 9.02. The van der Waals surface area contributed by atoms with E-state index in [4.69, 9.17) is 10.2 Å². The lowest BCUT2D eigenvalue weighted by molar-refractivity contribution is -0.122. The molecular formula is C16H36N2OSi. The van der Waals surface area contributed by atoms with Gasteiger partial charge in [0, 0.05) is 11.1 Å². The Labute approximate surface area is 127 Å². The van der Waals surface area contributed by atoms with Crippen molar-refractivity contribution in [2.75, 3.05) is 6.54 Å². The first-order valence-corrected chi connectivity index (χ1v) is 11.3. The lowest BCUT2D eigenvalue weighted by Crippen LogP contribution is -2.63. The fourth-order valence-corrected chi connectivity index (χ4v) is 6.30. The molecule has 0 spiro atoms. The maximum Gasteiger partial charge on any atom is 0.188 e. The fourth-order valence-electron chi connectivity index (χ4n) is 4.10. The van der Waals surface area contributed by atoms with E-state index < -0.39 is 8.32 Å². The quantitative estimate of drug-likeness (QED) is 0.755. The summed E-state index contributed by atoms with van der Waals surface area (Å²) in [5.41, 5.74) is 6.10. The van der Waals surface area contributed by atoms with Gasteiger partial charge >= 0.3 is 0 Å². The van der Waals surface area contributed by atoms with Gasteiger partial charge in [-0.25, -0.2) is 0 Å². The van der Waals surface area contributed by atoms with Crippen molar-refractivity contribution in [3.05, 3.63) is 0 Å². The van der Waals surface area contributed by atoms with Crippen molar-refractivity contribution >= 4 is 8.32 Å². The Bertz CT molecular complexity index is 300. The minimum atomic E-state index is -1.62. The molecule has 1 aliphatic rings. The van der Waals surface area contributed by atoms with Crippen molar-refractivity contribution < 1.29 is 4.43 Å². The van der Waals surface area contributed by atoms with E-state index in [1.165, 1.54) is 19.3 Å². The molecule has 3 nitrogen and oxygen atoms in total. The summed E-state index contributed by atoms with van der Waals surface area (Å²) in [7, 11) is -1.62. The average Bonchev–Trinajstić information content (AvgIpc) is 2.22. The molecule has 0 amide bonds. The highest BCUT2D eigenvalue weighted by atomic mass is 28.4. The molecule has 1 rings (SSSR count). The first kappa shape index (κ1) is 18.1. The maximum atomic E-state index is 6.56. The molecular weight excluding hydrogens is 264 g/mol. The van der Waals surface area contributed by atoms with Crippen LogP contribution in [0.4, 0.5) is 0 Å². The third kappa shape index (κ3) is 4.55. The molecule has 1 atom stereocenters. The monoisotopic (exact) mass is 300 g/mol. The largest absolute Gasteiger partial charge is 0.402 e. The Morgan fingerprint density at radius 2 is 1.65 bits per heavy atom. The van der Waals surface area contributed by atoms with Gasteiger partial charge in [-0.3, -0.25) is 4.90 Å². The third-order valence-electron chi connectivity index (χ3n) is 4.72. The van der Waals surface area contributed by atoms with Gasteiger partial charge in [0.15, 0.2) is 8.32 Å². The molecule has 2 N–H and O–H groups in total. The molecule has 1 fully saturated rings. The number of nitrogens with two attached hydrogens (primary N) is 1. The average molecular weight is 301 g/mol. The van der Waals surface area contributed by atoms with Crippen LogP contribution in [0.3, 0.4) is 0 Å². The Morgan fingerprint density at radius 1 is 1.15 bits per heavy atom. The second-order valence-corrected chi connectivity index (χ2v) is 12.5. The summed E-state index contributed by atoms with van der Waals surface area (Å²) in [4.78, 5) is 2.61. The second-order valence-electron chi connectivity index (χ2n) is 8.22. The number of hydrogen-bond acceptors (Lipinski definition) is 3. The standard InChI is InChI=1S/C16H36N2OSi/c1-14(19-20(6,7)13-9-12-17)18-15(2,3)10-8-11-16(18,4)5/h14H,8-13,17H2,1-7H3. The molecule has 0 radical (unpaired) electrons. The van der Waals surface area contributed by atoms with E-state index in [1.807, 2.05) is 0 Å². The van der Waals surface area contributed by atoms with Crippen LogP contribution in [-0.4, -0.2) is 37.1 Å². The summed E-state index contributed by atoms with van der Waals surface area (Å²) in [5, 5.41) is 0. The Balaban J connectivity index is 2.79. The van der Waals surface area contributed by atoms with E-state index >= 15 is 0 Å². The number of rotatable bonds is 6. The molecule has 4 heteroatoms. The summed E-state index contributed by atoms with van der Waals surface area (Å²) in [5.74, 6) is 0. The van der Waals surface area contributed by atoms with Crippen molar-refractivity contribution in [2.45, 2.75) is 96.7 Å². The lowest BCUT2D eigenvalue weighted by atomic mass is 9.79. The van der Waals surface area contributed by atoms with Gasteiger partial charge in [-0.2, -0.15) is 0 Å². The fraction of sp³-hybridized carbons (Fsp3) is 1.00. The van der Waals surface area contributed by atoms with Gasteiger partial charge in [-0.1, -0.05) is 0 Å². The van der Waals surface area contributed by atoms with E-state index in [0.29, 0.717) is 0 Å². The van der Waals surface area contributed by atoms with E-state index in [2.05, 4.69) is 52.6 Å². The zero-order valence-electron chi connectivity index (χ0n) is 14.8. The molecule has 0 aromatic heterocycles. The number of piperidine rings is 1. The lowest BCUT2D eigenvalue weighted by Gasteiger charge is -2.56. The van der Waals surface area contributed by atoms with E-state index in [0.717, 1.165) is 19.0 Å². The summed E-state index contributed by atoms with van der Waals surface area (Å²) >= 11 is 0. The molecule has 120 valence electrons. The number of likely N-dealkylation sites (tertiary alicyclic amines) is 1. The van der Waals surface area contributed by atoms with Crippen molar-refractivity contribution in [1.29, 1.82) is 0 Å². The Hall–Kier alpha value is 0.0969. The SMILES string of the molecule is CC(O[Si](C)(C)CCCN)N1C(C)(C)CCCC1(C)C. The van der Waals surface area contributed by atoms with E-state index in [-0.39, 0.29) is 17.3 Å². The number of hydrogen-bond donors (Lipinski definition) is 1. The van der Waals surface area contributed by atoms with Crippen molar-refractivity contribution in [3.8, 4) is 0 Å². The summed E-state index contributed by atoms with van der Waals surface area (Å²) in [6.45, 7) is 17.1. The molecule has 20 heavy (non-hydrogen) atoms. The van der Waals surface area contributed by atoms with Crippen molar-refractivity contribution in [3.63, 3.8) is 0 Å². The smallest absolute Gasteiger partial charge is 0.188 e.